The summed E-state index contributed by atoms with van der Waals surface area (Å²) in [6.07, 6.45) is 2.65. The predicted octanol–water partition coefficient (Wildman–Crippen LogP) is 0.284. The van der Waals surface area contributed by atoms with E-state index >= 15 is 0 Å². The molecule has 5 nitrogen and oxygen atoms in total. The van der Waals surface area contributed by atoms with Gasteiger partial charge in [0.1, 0.15) is 6.33 Å². The molecule has 1 aromatic rings. The number of nitrogens with one attached hydrogen (secondary N) is 1. The molecule has 6 heteroatoms. The van der Waals surface area contributed by atoms with Crippen LogP contribution in [0.2, 0.25) is 0 Å². The van der Waals surface area contributed by atoms with Gasteiger partial charge in [-0.15, -0.1) is 0 Å². The first-order valence-corrected chi connectivity index (χ1v) is 5.95. The summed E-state index contributed by atoms with van der Waals surface area (Å²) in [5, 5.41) is 8.76. The average molecular weight is 228 g/mol. The summed E-state index contributed by atoms with van der Waals surface area (Å²) in [5.74, 6) is 0. The number of aryl methyl sites for hydroxylation is 1. The van der Waals surface area contributed by atoms with Gasteiger partial charge in [-0.2, -0.15) is 5.10 Å². The Bertz CT molecular complexity index is 317. The van der Waals surface area contributed by atoms with Crippen molar-refractivity contribution in [2.75, 3.05) is 20.3 Å². The normalized spacial score (nSPS) is 26.8. The lowest BCUT2D eigenvalue weighted by Gasteiger charge is -2.30. The van der Waals surface area contributed by atoms with Gasteiger partial charge >= 0.3 is 0 Å². The molecule has 0 amide bonds. The fourth-order valence-corrected chi connectivity index (χ4v) is 2.87. The average Bonchev–Trinajstić information content (AvgIpc) is 2.65. The van der Waals surface area contributed by atoms with Crippen molar-refractivity contribution in [3.8, 4) is 0 Å². The Morgan fingerprint density at radius 1 is 1.67 bits per heavy atom. The maximum Gasteiger partial charge on any atom is 0.186 e. The van der Waals surface area contributed by atoms with Crippen molar-refractivity contribution in [2.45, 2.75) is 22.9 Å². The van der Waals surface area contributed by atoms with Crippen LogP contribution in [0.5, 0.6) is 0 Å². The molecule has 1 N–H and O–H groups in total. The fraction of sp³-hybridized carbons (Fsp3) is 0.778. The second kappa shape index (κ2) is 4.96. The highest BCUT2D eigenvalue weighted by Gasteiger charge is 2.26. The van der Waals surface area contributed by atoms with Crippen molar-refractivity contribution < 1.29 is 4.74 Å². The van der Waals surface area contributed by atoms with Crippen LogP contribution in [0.15, 0.2) is 11.5 Å². The molecule has 0 saturated carbocycles. The molecule has 0 aliphatic carbocycles. The second-order valence-electron chi connectivity index (χ2n) is 3.58. The van der Waals surface area contributed by atoms with Crippen LogP contribution in [-0.2, 0) is 11.8 Å². The molecule has 2 atom stereocenters. The molecule has 15 heavy (non-hydrogen) atoms. The van der Waals surface area contributed by atoms with Crippen LogP contribution in [0.4, 0.5) is 0 Å². The van der Waals surface area contributed by atoms with Crippen molar-refractivity contribution in [3.05, 3.63) is 6.33 Å². The van der Waals surface area contributed by atoms with Crippen molar-refractivity contribution in [3.63, 3.8) is 0 Å². The molecule has 1 aliphatic heterocycles. The van der Waals surface area contributed by atoms with Crippen LogP contribution < -0.4 is 5.32 Å². The summed E-state index contributed by atoms with van der Waals surface area (Å²) < 4.78 is 7.28. The Morgan fingerprint density at radius 2 is 2.53 bits per heavy atom. The third kappa shape index (κ3) is 2.50. The number of ether oxygens (including phenoxy) is 1. The Hall–Kier alpha value is -0.590. The van der Waals surface area contributed by atoms with Crippen LogP contribution in [0.25, 0.3) is 0 Å². The Morgan fingerprint density at radius 3 is 3.20 bits per heavy atom. The van der Waals surface area contributed by atoms with Crippen molar-refractivity contribution in [1.82, 2.24) is 20.1 Å². The smallest absolute Gasteiger partial charge is 0.186 e. The van der Waals surface area contributed by atoms with Gasteiger partial charge in [-0.05, 0) is 13.5 Å². The fourth-order valence-electron chi connectivity index (χ4n) is 1.69. The third-order valence-electron chi connectivity index (χ3n) is 2.60. The lowest BCUT2D eigenvalue weighted by molar-refractivity contribution is 0.0849. The van der Waals surface area contributed by atoms with Gasteiger partial charge in [0.15, 0.2) is 5.16 Å². The Labute approximate surface area is 93.6 Å². The first-order chi connectivity index (χ1) is 7.31. The molecular formula is C9H16N4OS. The number of aromatic nitrogens is 3. The largest absolute Gasteiger partial charge is 0.380 e. The van der Waals surface area contributed by atoms with Gasteiger partial charge in [-0.3, -0.25) is 0 Å². The highest BCUT2D eigenvalue weighted by molar-refractivity contribution is 7.99. The molecule has 1 aromatic heterocycles. The summed E-state index contributed by atoms with van der Waals surface area (Å²) >= 11 is 1.73. The van der Waals surface area contributed by atoms with Gasteiger partial charge in [0.05, 0.1) is 11.9 Å². The summed E-state index contributed by atoms with van der Waals surface area (Å²) in [5.41, 5.74) is 0. The van der Waals surface area contributed by atoms with Gasteiger partial charge in [0.25, 0.3) is 0 Å². The van der Waals surface area contributed by atoms with Gasteiger partial charge in [0, 0.05) is 19.7 Å². The monoisotopic (exact) mass is 228 g/mol. The quantitative estimate of drug-likeness (QED) is 0.805. The van der Waals surface area contributed by atoms with Crippen LogP contribution in [-0.4, -0.2) is 46.3 Å². The highest BCUT2D eigenvalue weighted by atomic mass is 32.2. The zero-order chi connectivity index (χ0) is 10.7. The van der Waals surface area contributed by atoms with Crippen LogP contribution >= 0.6 is 11.8 Å². The number of hydrogen-bond acceptors (Lipinski definition) is 5. The molecule has 0 radical (unpaired) electrons. The van der Waals surface area contributed by atoms with Gasteiger partial charge in [0.2, 0.25) is 0 Å². The first-order valence-electron chi connectivity index (χ1n) is 5.07. The molecule has 0 spiro atoms. The number of thioether (sulfide) groups is 1. The van der Waals surface area contributed by atoms with Crippen LogP contribution in [0, 0.1) is 0 Å². The molecule has 2 heterocycles. The molecule has 2 unspecified atom stereocenters. The zero-order valence-electron chi connectivity index (χ0n) is 9.01. The van der Waals surface area contributed by atoms with Gasteiger partial charge in [-0.1, -0.05) is 11.8 Å². The zero-order valence-corrected chi connectivity index (χ0v) is 9.83. The van der Waals surface area contributed by atoms with E-state index in [-0.39, 0.29) is 0 Å². The number of nitrogens with zero attached hydrogens (tertiary/aromatic N) is 3. The van der Waals surface area contributed by atoms with E-state index in [4.69, 9.17) is 4.74 Å². The van der Waals surface area contributed by atoms with E-state index < -0.39 is 0 Å². The third-order valence-corrected chi connectivity index (χ3v) is 3.95. The SMILES string of the molecule is CNC1CCOCC1Sc1ncnn1C. The van der Waals surface area contributed by atoms with Crippen LogP contribution in [0.3, 0.4) is 0 Å². The topological polar surface area (TPSA) is 52.0 Å². The summed E-state index contributed by atoms with van der Waals surface area (Å²) in [4.78, 5) is 4.21. The van der Waals surface area contributed by atoms with E-state index in [1.165, 1.54) is 0 Å². The molecule has 0 aromatic carbocycles. The van der Waals surface area contributed by atoms with Crippen molar-refractivity contribution in [2.24, 2.45) is 7.05 Å². The van der Waals surface area contributed by atoms with E-state index in [1.54, 1.807) is 22.8 Å². The summed E-state index contributed by atoms with van der Waals surface area (Å²) in [6, 6.07) is 0.500. The number of hydrogen-bond donors (Lipinski definition) is 1. The standard InChI is InChI=1S/C9H16N4OS/c1-10-7-3-4-14-5-8(7)15-9-11-6-12-13(9)2/h6-8,10H,3-5H2,1-2H3. The lowest BCUT2D eigenvalue weighted by Crippen LogP contribution is -2.43. The minimum Gasteiger partial charge on any atom is -0.380 e. The van der Waals surface area contributed by atoms with E-state index in [9.17, 15) is 0 Å². The second-order valence-corrected chi connectivity index (χ2v) is 4.79. The minimum absolute atomic E-state index is 0.423. The minimum atomic E-state index is 0.423. The van der Waals surface area contributed by atoms with E-state index in [0.717, 1.165) is 24.8 Å². The molecule has 1 fully saturated rings. The molecular weight excluding hydrogens is 212 g/mol. The Kier molecular flexibility index (Phi) is 3.61. The van der Waals surface area contributed by atoms with Crippen molar-refractivity contribution >= 4 is 11.8 Å². The van der Waals surface area contributed by atoms with E-state index in [2.05, 4.69) is 15.4 Å². The van der Waals surface area contributed by atoms with E-state index in [1.807, 2.05) is 14.1 Å². The van der Waals surface area contributed by atoms with Crippen molar-refractivity contribution in [1.29, 1.82) is 0 Å². The first kappa shape index (κ1) is 10.9. The highest BCUT2D eigenvalue weighted by Crippen LogP contribution is 2.26. The molecule has 1 aliphatic rings. The molecule has 0 bridgehead atoms. The molecule has 84 valence electrons. The predicted molar refractivity (Wildman–Crippen MR) is 58.9 cm³/mol. The number of rotatable bonds is 3. The summed E-state index contributed by atoms with van der Waals surface area (Å²) in [6.45, 7) is 1.63. The van der Waals surface area contributed by atoms with E-state index in [0.29, 0.717) is 11.3 Å². The molecule has 1 saturated heterocycles. The Balaban J connectivity index is 2.00. The van der Waals surface area contributed by atoms with Gasteiger partial charge < -0.3 is 10.1 Å². The van der Waals surface area contributed by atoms with Crippen LogP contribution in [0.1, 0.15) is 6.42 Å². The maximum atomic E-state index is 5.48. The lowest BCUT2D eigenvalue weighted by atomic mass is 10.1. The summed E-state index contributed by atoms with van der Waals surface area (Å²) in [7, 11) is 3.91. The van der Waals surface area contributed by atoms with Gasteiger partial charge in [-0.25, -0.2) is 9.67 Å². The molecule has 2 rings (SSSR count). The maximum absolute atomic E-state index is 5.48.